The van der Waals surface area contributed by atoms with Gasteiger partial charge in [-0.15, -0.1) is 9.97 Å². The van der Waals surface area contributed by atoms with E-state index >= 15 is 0 Å². The molecule has 0 aliphatic rings. The smallest absolute Gasteiger partial charge is 0.296 e. The minimum absolute atomic E-state index is 0. The summed E-state index contributed by atoms with van der Waals surface area (Å²) in [7, 11) is -13.6. The van der Waals surface area contributed by atoms with E-state index in [1.165, 1.54) is 94.4 Å². The fourth-order valence-corrected chi connectivity index (χ4v) is 21.4. The number of rotatable bonds is 21. The van der Waals surface area contributed by atoms with Gasteiger partial charge in [0.1, 0.15) is 29.8 Å². The fraction of sp³-hybridized carbons (Fsp3) is 0.0680. The topological polar surface area (TPSA) is 259 Å². The molecule has 0 amide bonds. The van der Waals surface area contributed by atoms with Gasteiger partial charge in [0.05, 0.1) is 84.9 Å². The second kappa shape index (κ2) is 39.8. The molecule has 12 aromatic carbocycles. The molecule has 692 valence electrons. The number of hydrogen-bond donors (Lipinski definition) is 0. The van der Waals surface area contributed by atoms with Gasteiger partial charge in [0, 0.05) is 126 Å². The number of aromatic nitrogens is 9. The lowest BCUT2D eigenvalue weighted by Gasteiger charge is -2.16. The van der Waals surface area contributed by atoms with Crippen LogP contribution in [-0.2, 0) is 30.1 Å². The van der Waals surface area contributed by atoms with Crippen molar-refractivity contribution >= 4 is 132 Å². The van der Waals surface area contributed by atoms with E-state index in [1.54, 1.807) is 109 Å². The van der Waals surface area contributed by atoms with Crippen molar-refractivity contribution in [2.75, 3.05) is 0 Å². The number of fused-ring (bicyclic) bond motifs is 3. The van der Waals surface area contributed by atoms with Crippen LogP contribution in [0.25, 0.3) is 148 Å². The van der Waals surface area contributed by atoms with Crippen molar-refractivity contribution in [2.24, 2.45) is 0 Å². The molecular formula is C103H64Cl3F9N12O9S3. The molecule has 0 N–H and O–H groups in total. The second-order valence-electron chi connectivity index (χ2n) is 30.6. The highest BCUT2D eigenvalue weighted by Gasteiger charge is 2.36. The molecule has 0 saturated carbocycles. The van der Waals surface area contributed by atoms with Gasteiger partial charge in [-0.1, -0.05) is 183 Å². The van der Waals surface area contributed by atoms with Crippen molar-refractivity contribution in [3.05, 3.63) is 392 Å². The highest BCUT2D eigenvalue weighted by Crippen LogP contribution is 2.51. The maximum absolute atomic E-state index is 14.9. The van der Waals surface area contributed by atoms with Gasteiger partial charge in [0.2, 0.25) is 5.69 Å². The van der Waals surface area contributed by atoms with Crippen LogP contribution in [0.1, 0.15) is 95.2 Å². The number of Topliss-reactive ketones (excluding diaryl/α,β-unsaturated/α-hetero) is 3. The number of alkyl halides is 6. The molecule has 0 atom stereocenters. The largest absolute Gasteiger partial charge is 0.359 e. The molecule has 139 heavy (non-hydrogen) atoms. The van der Waals surface area contributed by atoms with Crippen molar-refractivity contribution in [1.82, 2.24) is 42.1 Å². The highest BCUT2D eigenvalue weighted by molar-refractivity contribution is 7.91. The summed E-state index contributed by atoms with van der Waals surface area (Å²) in [5, 5.41) is 8.98. The SMILES string of the molecule is C.[C-]#[N+]c1cnncc1-c1c(-c2cccc(-c3ccc(C(C)=O)cc3Cl)c2)n(S(=O)(=O)c2ccc(C(F)F)cc2)c2ccc(F)cc12.[C-]#[N+]c1nccnc1-c1c(-c2cccc(-c3ccc(C(C)=O)cc3Cl)c2)n(S(=O)(=O)c2ccc(C(F)F)cc2)c2ccc(F)cc12.[C-]#[N+]c1nccnc1-c1c(-c2cccc(-c3ccc(C(C)=O)cc3Cl)c2)n(S(=O)(=O)c2ccc(C(F)F)cc2)c2ccc(F)cc12. The average molecular weight is 1990 g/mol. The zero-order chi connectivity index (χ0) is 98.2. The van der Waals surface area contributed by atoms with Crippen molar-refractivity contribution in [1.29, 1.82) is 0 Å². The Morgan fingerprint density at radius 1 is 0.338 bits per heavy atom. The first-order chi connectivity index (χ1) is 66.0. The second-order valence-corrected chi connectivity index (χ2v) is 37.2. The molecule has 0 aliphatic heterocycles. The maximum atomic E-state index is 14.9. The Labute approximate surface area is 803 Å². The zero-order valence-electron chi connectivity index (χ0n) is 71.2. The molecule has 0 spiro atoms. The lowest BCUT2D eigenvalue weighted by molar-refractivity contribution is 0.100. The Morgan fingerprint density at radius 3 is 0.914 bits per heavy atom. The number of carbonyl (C=O) groups is 3. The Kier molecular flexibility index (Phi) is 27.9. The van der Waals surface area contributed by atoms with Crippen LogP contribution in [0, 0.1) is 37.2 Å². The van der Waals surface area contributed by atoms with E-state index in [9.17, 15) is 79.2 Å². The first-order valence-electron chi connectivity index (χ1n) is 40.8. The fourth-order valence-electron chi connectivity index (χ4n) is 15.8. The number of ketones is 3. The van der Waals surface area contributed by atoms with Crippen LogP contribution in [0.4, 0.5) is 56.8 Å². The summed E-state index contributed by atoms with van der Waals surface area (Å²) < 4.78 is 214. The summed E-state index contributed by atoms with van der Waals surface area (Å²) in [6.45, 7) is 27.4. The summed E-state index contributed by atoms with van der Waals surface area (Å²) in [4.78, 5) is 62.3. The number of carbonyl (C=O) groups excluding carboxylic acids is 3. The summed E-state index contributed by atoms with van der Waals surface area (Å²) in [6, 6.07) is 58.0. The number of hydrogen-bond acceptors (Lipinski definition) is 15. The van der Waals surface area contributed by atoms with Gasteiger partial charge in [0.15, 0.2) is 17.3 Å². The zero-order valence-corrected chi connectivity index (χ0v) is 76.0. The molecule has 0 bridgehead atoms. The third kappa shape index (κ3) is 18.9. The van der Waals surface area contributed by atoms with Crippen LogP contribution in [-0.4, -0.2) is 84.7 Å². The highest BCUT2D eigenvalue weighted by atomic mass is 35.5. The number of benzene rings is 12. The first kappa shape index (κ1) is 97.6. The molecule has 6 aromatic heterocycles. The van der Waals surface area contributed by atoms with Gasteiger partial charge >= 0.3 is 0 Å². The Balaban J connectivity index is 0.000000157. The van der Waals surface area contributed by atoms with Gasteiger partial charge in [-0.3, -0.25) is 24.4 Å². The molecule has 18 rings (SSSR count). The van der Waals surface area contributed by atoms with Crippen LogP contribution < -0.4 is 0 Å². The van der Waals surface area contributed by atoms with Crippen LogP contribution >= 0.6 is 34.8 Å². The van der Waals surface area contributed by atoms with Crippen molar-refractivity contribution in [3.63, 3.8) is 0 Å². The van der Waals surface area contributed by atoms with Crippen LogP contribution in [0.3, 0.4) is 0 Å². The summed E-state index contributed by atoms with van der Waals surface area (Å²) in [5.41, 5.74) is 5.52. The Bertz CT molecular complexity index is 7790. The van der Waals surface area contributed by atoms with Gasteiger partial charge in [-0.05, 0) is 165 Å². The lowest BCUT2D eigenvalue weighted by Crippen LogP contribution is -2.14. The summed E-state index contributed by atoms with van der Waals surface area (Å²) in [5.74, 6) is -2.81. The van der Waals surface area contributed by atoms with E-state index in [2.05, 4.69) is 44.7 Å². The standard InChI is InChI=1S/3C34H20ClF3N4O3S.CH4/c1-19(43)21-8-12-26(29(35)15-21)22-4-3-5-23(14-22)33-32(28-17-40-41-18-30(28)39-2)27-16-24(36)9-13-31(27)42(33)46(44,45)25-10-6-20(7-11-25)34(37)38;2*1-19(43)21-8-12-26(28(35)17-21)22-4-3-5-23(16-22)32-30(31-34(39-2)41-15-14-40-31)27-18-24(36)9-13-29(27)42(32)46(44,45)25-10-6-20(7-11-25)33(37)38;/h3-18,34H,1H3;2*3-18,33H,1H3;1H4. The van der Waals surface area contributed by atoms with E-state index in [-0.39, 0.29) is 172 Å². The molecule has 0 aliphatic carbocycles. The van der Waals surface area contributed by atoms with Crippen LogP contribution in [0.2, 0.25) is 15.1 Å². The lowest BCUT2D eigenvalue weighted by atomic mass is 9.96. The van der Waals surface area contributed by atoms with E-state index in [0.717, 1.165) is 121 Å². The molecule has 0 saturated heterocycles. The van der Waals surface area contributed by atoms with Gasteiger partial charge in [-0.2, -0.15) is 10.2 Å². The minimum atomic E-state index is -4.55. The van der Waals surface area contributed by atoms with Crippen LogP contribution in [0.5, 0.6) is 0 Å². The van der Waals surface area contributed by atoms with E-state index < -0.39 is 66.8 Å². The molecule has 0 unspecified atom stereocenters. The van der Waals surface area contributed by atoms with E-state index in [1.807, 2.05) is 0 Å². The van der Waals surface area contributed by atoms with Crippen LogP contribution in [0.15, 0.2) is 307 Å². The van der Waals surface area contributed by atoms with Gasteiger partial charge < -0.3 is 9.69 Å². The molecule has 21 nitrogen and oxygen atoms in total. The van der Waals surface area contributed by atoms with E-state index in [0.29, 0.717) is 66.8 Å². The first-order valence-corrected chi connectivity index (χ1v) is 46.2. The summed E-state index contributed by atoms with van der Waals surface area (Å²) in [6.07, 6.45) is -0.615. The molecule has 6 heterocycles. The predicted octanol–water partition coefficient (Wildman–Crippen LogP) is 28.1. The van der Waals surface area contributed by atoms with E-state index in [4.69, 9.17) is 54.5 Å². The summed E-state index contributed by atoms with van der Waals surface area (Å²) >= 11 is 19.7. The van der Waals surface area contributed by atoms with Gasteiger partial charge in [-0.25, -0.2) is 81.5 Å². The molecular weight excluding hydrogens is 1920 g/mol. The molecule has 0 radical (unpaired) electrons. The monoisotopic (exact) mass is 1980 g/mol. The molecule has 18 aromatic rings. The predicted molar refractivity (Wildman–Crippen MR) is 514 cm³/mol. The van der Waals surface area contributed by atoms with Gasteiger partial charge in [0.25, 0.3) is 61.0 Å². The maximum Gasteiger partial charge on any atom is 0.296 e. The molecule has 0 fully saturated rings. The van der Waals surface area contributed by atoms with Crippen molar-refractivity contribution in [2.45, 2.75) is 62.2 Å². The van der Waals surface area contributed by atoms with Crippen molar-refractivity contribution < 1.29 is 79.2 Å². The average Bonchev–Trinajstić information content (AvgIpc) is 1.57. The Hall–Kier alpha value is -15.9. The number of halogens is 12. The third-order valence-corrected chi connectivity index (χ3v) is 28.4. The quantitative estimate of drug-likeness (QED) is 0.0368. The minimum Gasteiger partial charge on any atom is -0.359 e. The van der Waals surface area contributed by atoms with Crippen molar-refractivity contribution in [3.8, 4) is 101 Å². The number of nitrogens with zero attached hydrogens (tertiary/aromatic N) is 12. The molecule has 36 heteroatoms. The normalized spacial score (nSPS) is 11.5. The third-order valence-electron chi connectivity index (χ3n) is 22.3. The Morgan fingerprint density at radius 2 is 0.626 bits per heavy atom.